The number of nitrogens with zero attached hydrogens (tertiary/aromatic N) is 2. The van der Waals surface area contributed by atoms with Crippen LogP contribution in [0, 0.1) is 5.92 Å². The van der Waals surface area contributed by atoms with Crippen molar-refractivity contribution in [3.63, 3.8) is 0 Å². The molecule has 0 aliphatic carbocycles. The number of aromatic nitrogens is 1. The highest BCUT2D eigenvalue weighted by Gasteiger charge is 2.12. The Morgan fingerprint density at radius 1 is 1.28 bits per heavy atom. The summed E-state index contributed by atoms with van der Waals surface area (Å²) in [6, 6.07) is 8.02. The van der Waals surface area contributed by atoms with Crippen LogP contribution in [0.1, 0.15) is 20.8 Å². The normalized spacial score (nSPS) is 11.1. The minimum Gasteiger partial charge on any atom is -0.398 e. The second-order valence-electron chi connectivity index (χ2n) is 5.01. The third-order valence-electron chi connectivity index (χ3n) is 3.09. The van der Waals surface area contributed by atoms with Crippen LogP contribution in [0.4, 0.5) is 11.4 Å². The summed E-state index contributed by atoms with van der Waals surface area (Å²) in [5.41, 5.74) is 8.98. The molecule has 1 aromatic carbocycles. The van der Waals surface area contributed by atoms with Crippen molar-refractivity contribution in [1.29, 1.82) is 0 Å². The molecule has 0 aliphatic heterocycles. The number of hydrogen-bond donors (Lipinski definition) is 1. The Balaban J connectivity index is 2.53. The van der Waals surface area contributed by atoms with Gasteiger partial charge in [0.15, 0.2) is 0 Å². The summed E-state index contributed by atoms with van der Waals surface area (Å²) in [6.45, 7) is 8.65. The molecule has 0 fully saturated rings. The molecule has 2 aromatic rings. The van der Waals surface area contributed by atoms with Crippen LogP contribution in [-0.2, 0) is 0 Å². The van der Waals surface area contributed by atoms with Crippen LogP contribution < -0.4 is 10.6 Å². The van der Waals surface area contributed by atoms with Gasteiger partial charge in [0.05, 0.1) is 11.2 Å². The third kappa shape index (κ3) is 2.40. The number of nitrogen functional groups attached to an aromatic ring is 1. The smallest absolute Gasteiger partial charge is 0.0955 e. The summed E-state index contributed by atoms with van der Waals surface area (Å²) in [5, 5.41) is 1.04. The Hall–Kier alpha value is -1.77. The monoisotopic (exact) mass is 243 g/mol. The van der Waals surface area contributed by atoms with E-state index >= 15 is 0 Å². The summed E-state index contributed by atoms with van der Waals surface area (Å²) < 4.78 is 0. The fourth-order valence-corrected chi connectivity index (χ4v) is 2.27. The van der Waals surface area contributed by atoms with Gasteiger partial charge in [-0.2, -0.15) is 0 Å². The van der Waals surface area contributed by atoms with Gasteiger partial charge in [-0.05, 0) is 37.1 Å². The highest BCUT2D eigenvalue weighted by atomic mass is 15.1. The second kappa shape index (κ2) is 5.25. The van der Waals surface area contributed by atoms with Crippen LogP contribution in [-0.4, -0.2) is 18.1 Å². The largest absolute Gasteiger partial charge is 0.398 e. The first-order valence-electron chi connectivity index (χ1n) is 6.51. The minimum absolute atomic E-state index is 0.626. The van der Waals surface area contributed by atoms with E-state index in [0.717, 1.165) is 29.7 Å². The van der Waals surface area contributed by atoms with Crippen molar-refractivity contribution in [3.8, 4) is 0 Å². The molecule has 0 amide bonds. The number of rotatable bonds is 4. The number of anilines is 2. The van der Waals surface area contributed by atoms with Crippen molar-refractivity contribution in [2.75, 3.05) is 23.7 Å². The zero-order valence-electron chi connectivity index (χ0n) is 11.4. The summed E-state index contributed by atoms with van der Waals surface area (Å²) >= 11 is 0. The predicted octanol–water partition coefficient (Wildman–Crippen LogP) is 3.30. The third-order valence-corrected chi connectivity index (χ3v) is 3.09. The van der Waals surface area contributed by atoms with E-state index in [1.165, 1.54) is 5.69 Å². The van der Waals surface area contributed by atoms with Crippen LogP contribution in [0.3, 0.4) is 0 Å². The van der Waals surface area contributed by atoms with Crippen LogP contribution in [0.2, 0.25) is 0 Å². The molecule has 0 saturated carbocycles. The second-order valence-corrected chi connectivity index (χ2v) is 5.01. The Morgan fingerprint density at radius 2 is 2.06 bits per heavy atom. The van der Waals surface area contributed by atoms with Gasteiger partial charge >= 0.3 is 0 Å². The van der Waals surface area contributed by atoms with Gasteiger partial charge in [0.2, 0.25) is 0 Å². The van der Waals surface area contributed by atoms with Gasteiger partial charge in [0, 0.05) is 30.4 Å². The lowest BCUT2D eigenvalue weighted by molar-refractivity contribution is 0.619. The van der Waals surface area contributed by atoms with Gasteiger partial charge in [0.1, 0.15) is 0 Å². The van der Waals surface area contributed by atoms with E-state index in [1.54, 1.807) is 0 Å². The Bertz CT molecular complexity index is 534. The zero-order chi connectivity index (χ0) is 13.1. The number of pyridine rings is 1. The highest BCUT2D eigenvalue weighted by Crippen LogP contribution is 2.29. The molecule has 0 saturated heterocycles. The molecular formula is C15H21N3. The highest BCUT2D eigenvalue weighted by molar-refractivity contribution is 5.98. The molecule has 96 valence electrons. The molecule has 2 rings (SSSR count). The lowest BCUT2D eigenvalue weighted by Crippen LogP contribution is -2.27. The summed E-state index contributed by atoms with van der Waals surface area (Å²) in [5.74, 6) is 0.626. The number of nitrogens with two attached hydrogens (primary N) is 1. The van der Waals surface area contributed by atoms with E-state index in [2.05, 4.69) is 36.7 Å². The maximum Gasteiger partial charge on any atom is 0.0955 e. The average molecular weight is 243 g/mol. The van der Waals surface area contributed by atoms with Gasteiger partial charge in [-0.1, -0.05) is 13.8 Å². The minimum atomic E-state index is 0.626. The van der Waals surface area contributed by atoms with Gasteiger partial charge < -0.3 is 10.6 Å². The fraction of sp³-hybridized carbons (Fsp3) is 0.400. The maximum atomic E-state index is 6.01. The summed E-state index contributed by atoms with van der Waals surface area (Å²) in [7, 11) is 0. The van der Waals surface area contributed by atoms with Crippen molar-refractivity contribution < 1.29 is 0 Å². The molecule has 1 aromatic heterocycles. The van der Waals surface area contributed by atoms with Gasteiger partial charge in [-0.25, -0.2) is 0 Å². The Morgan fingerprint density at radius 3 is 2.72 bits per heavy atom. The Kier molecular flexibility index (Phi) is 3.70. The molecule has 0 radical (unpaired) electrons. The Labute approximate surface area is 109 Å². The van der Waals surface area contributed by atoms with Crippen molar-refractivity contribution in [1.82, 2.24) is 4.98 Å². The standard InChI is InChI=1S/C15H21N3/c1-4-18(10-11(2)3)14-8-7-13(16)12-6-5-9-17-15(12)14/h5-9,11H,4,10,16H2,1-3H3. The molecule has 1 heterocycles. The zero-order valence-corrected chi connectivity index (χ0v) is 11.4. The average Bonchev–Trinajstić information content (AvgIpc) is 2.37. The van der Waals surface area contributed by atoms with E-state index in [-0.39, 0.29) is 0 Å². The maximum absolute atomic E-state index is 6.01. The molecule has 0 unspecified atom stereocenters. The molecule has 0 aliphatic rings. The van der Waals surface area contributed by atoms with Gasteiger partial charge in [-0.3, -0.25) is 4.98 Å². The SMILES string of the molecule is CCN(CC(C)C)c1ccc(N)c2cccnc12. The van der Waals surface area contributed by atoms with Crippen LogP contribution >= 0.6 is 0 Å². The molecule has 0 bridgehead atoms. The van der Waals surface area contributed by atoms with E-state index in [9.17, 15) is 0 Å². The summed E-state index contributed by atoms with van der Waals surface area (Å²) in [6.07, 6.45) is 1.83. The molecule has 0 atom stereocenters. The lowest BCUT2D eigenvalue weighted by atomic mass is 10.1. The fourth-order valence-electron chi connectivity index (χ4n) is 2.27. The molecule has 0 spiro atoms. The molecule has 3 heteroatoms. The van der Waals surface area contributed by atoms with E-state index in [4.69, 9.17) is 5.73 Å². The van der Waals surface area contributed by atoms with E-state index in [0.29, 0.717) is 5.92 Å². The van der Waals surface area contributed by atoms with Crippen molar-refractivity contribution in [2.45, 2.75) is 20.8 Å². The quantitative estimate of drug-likeness (QED) is 0.838. The van der Waals surface area contributed by atoms with Gasteiger partial charge in [-0.15, -0.1) is 0 Å². The van der Waals surface area contributed by atoms with Crippen LogP contribution in [0.25, 0.3) is 10.9 Å². The lowest BCUT2D eigenvalue weighted by Gasteiger charge is -2.26. The van der Waals surface area contributed by atoms with Crippen molar-refractivity contribution in [3.05, 3.63) is 30.5 Å². The first-order valence-corrected chi connectivity index (χ1v) is 6.51. The van der Waals surface area contributed by atoms with Crippen LogP contribution in [0.15, 0.2) is 30.5 Å². The predicted molar refractivity (Wildman–Crippen MR) is 78.9 cm³/mol. The molecular weight excluding hydrogens is 222 g/mol. The number of fused-ring (bicyclic) bond motifs is 1. The van der Waals surface area contributed by atoms with Crippen molar-refractivity contribution in [2.24, 2.45) is 5.92 Å². The number of benzene rings is 1. The van der Waals surface area contributed by atoms with E-state index < -0.39 is 0 Å². The first kappa shape index (κ1) is 12.7. The topological polar surface area (TPSA) is 42.1 Å². The number of hydrogen-bond acceptors (Lipinski definition) is 3. The first-order chi connectivity index (χ1) is 8.63. The van der Waals surface area contributed by atoms with Crippen LogP contribution in [0.5, 0.6) is 0 Å². The van der Waals surface area contributed by atoms with E-state index in [1.807, 2.05) is 24.4 Å². The summed E-state index contributed by atoms with van der Waals surface area (Å²) in [4.78, 5) is 6.86. The van der Waals surface area contributed by atoms with Crippen molar-refractivity contribution >= 4 is 22.3 Å². The van der Waals surface area contributed by atoms with Gasteiger partial charge in [0.25, 0.3) is 0 Å². The molecule has 3 nitrogen and oxygen atoms in total. The molecule has 18 heavy (non-hydrogen) atoms. The molecule has 2 N–H and O–H groups in total.